The second-order valence-corrected chi connectivity index (χ2v) is 5.71. The number of anilines is 2. The molecule has 0 aliphatic carbocycles. The standard InChI is InChI=1S/C15H30N4/c1-5-13-14(16)15(19(4)18-13)17-11-9-7-6-8-10-12(2)3/h12,17H,5-11,16H2,1-4H3. The van der Waals surface area contributed by atoms with Gasteiger partial charge >= 0.3 is 0 Å². The SMILES string of the molecule is CCc1nn(C)c(NCCCCCCC(C)C)c1N. The Labute approximate surface area is 117 Å². The van der Waals surface area contributed by atoms with Gasteiger partial charge in [-0.3, -0.25) is 4.68 Å². The molecule has 0 unspecified atom stereocenters. The quantitative estimate of drug-likeness (QED) is 0.672. The minimum Gasteiger partial charge on any atom is -0.394 e. The van der Waals surface area contributed by atoms with E-state index in [-0.39, 0.29) is 0 Å². The van der Waals surface area contributed by atoms with Gasteiger partial charge in [0.05, 0.1) is 11.4 Å². The summed E-state index contributed by atoms with van der Waals surface area (Å²) in [6, 6.07) is 0. The first-order valence-electron chi connectivity index (χ1n) is 7.61. The lowest BCUT2D eigenvalue weighted by Gasteiger charge is -2.08. The average Bonchev–Trinajstić information content (AvgIpc) is 2.64. The molecule has 0 saturated heterocycles. The van der Waals surface area contributed by atoms with Crippen LogP contribution >= 0.6 is 0 Å². The molecule has 1 aromatic rings. The van der Waals surface area contributed by atoms with Gasteiger partial charge in [-0.1, -0.05) is 46.5 Å². The lowest BCUT2D eigenvalue weighted by Crippen LogP contribution is -2.07. The number of rotatable bonds is 9. The van der Waals surface area contributed by atoms with Gasteiger partial charge < -0.3 is 11.1 Å². The number of nitrogens with one attached hydrogen (secondary N) is 1. The summed E-state index contributed by atoms with van der Waals surface area (Å²) in [5.41, 5.74) is 7.86. The maximum Gasteiger partial charge on any atom is 0.147 e. The van der Waals surface area contributed by atoms with E-state index in [0.29, 0.717) is 0 Å². The molecule has 0 atom stereocenters. The molecule has 110 valence electrons. The predicted octanol–water partition coefficient (Wildman–Crippen LogP) is 3.58. The predicted molar refractivity (Wildman–Crippen MR) is 83.4 cm³/mol. The van der Waals surface area contributed by atoms with E-state index < -0.39 is 0 Å². The fraction of sp³-hybridized carbons (Fsp3) is 0.800. The summed E-state index contributed by atoms with van der Waals surface area (Å²) in [5.74, 6) is 1.80. The van der Waals surface area contributed by atoms with E-state index in [4.69, 9.17) is 5.73 Å². The molecule has 1 aromatic heterocycles. The van der Waals surface area contributed by atoms with Crippen LogP contribution in [0.3, 0.4) is 0 Å². The number of nitrogen functional groups attached to an aromatic ring is 1. The van der Waals surface area contributed by atoms with Crippen molar-refractivity contribution in [3.8, 4) is 0 Å². The summed E-state index contributed by atoms with van der Waals surface area (Å²) in [4.78, 5) is 0. The van der Waals surface area contributed by atoms with Crippen LogP contribution in [0.25, 0.3) is 0 Å². The first kappa shape index (κ1) is 15.9. The van der Waals surface area contributed by atoms with Crippen molar-refractivity contribution in [1.29, 1.82) is 0 Å². The largest absolute Gasteiger partial charge is 0.394 e. The Morgan fingerprint density at radius 1 is 1.21 bits per heavy atom. The van der Waals surface area contributed by atoms with Crippen molar-refractivity contribution in [3.05, 3.63) is 5.69 Å². The third-order valence-corrected chi connectivity index (χ3v) is 3.50. The van der Waals surface area contributed by atoms with Gasteiger partial charge in [-0.25, -0.2) is 0 Å². The van der Waals surface area contributed by atoms with Crippen LogP contribution in [0.4, 0.5) is 11.5 Å². The molecule has 0 spiro atoms. The highest BCUT2D eigenvalue weighted by Gasteiger charge is 2.10. The van der Waals surface area contributed by atoms with Crippen molar-refractivity contribution < 1.29 is 0 Å². The van der Waals surface area contributed by atoms with E-state index >= 15 is 0 Å². The number of hydrogen-bond acceptors (Lipinski definition) is 3. The van der Waals surface area contributed by atoms with E-state index in [0.717, 1.165) is 36.1 Å². The van der Waals surface area contributed by atoms with Crippen LogP contribution in [0.2, 0.25) is 0 Å². The van der Waals surface area contributed by atoms with Gasteiger partial charge in [-0.05, 0) is 18.8 Å². The summed E-state index contributed by atoms with van der Waals surface area (Å²) >= 11 is 0. The summed E-state index contributed by atoms with van der Waals surface area (Å²) in [6.45, 7) is 7.64. The lowest BCUT2D eigenvalue weighted by molar-refractivity contribution is 0.522. The molecule has 4 heteroatoms. The van der Waals surface area contributed by atoms with Gasteiger partial charge in [0.15, 0.2) is 0 Å². The molecule has 3 N–H and O–H groups in total. The van der Waals surface area contributed by atoms with Gasteiger partial charge in [0.25, 0.3) is 0 Å². The molecule has 19 heavy (non-hydrogen) atoms. The molecule has 4 nitrogen and oxygen atoms in total. The Morgan fingerprint density at radius 3 is 2.47 bits per heavy atom. The van der Waals surface area contributed by atoms with Gasteiger partial charge in [-0.2, -0.15) is 5.10 Å². The maximum absolute atomic E-state index is 6.06. The molecule has 0 fully saturated rings. The van der Waals surface area contributed by atoms with E-state index in [1.165, 1.54) is 32.1 Å². The van der Waals surface area contributed by atoms with E-state index in [1.54, 1.807) is 0 Å². The first-order valence-corrected chi connectivity index (χ1v) is 7.61. The summed E-state index contributed by atoms with van der Waals surface area (Å²) in [5, 5.41) is 7.82. The number of unbranched alkanes of at least 4 members (excludes halogenated alkanes) is 3. The molecular weight excluding hydrogens is 236 g/mol. The average molecular weight is 266 g/mol. The van der Waals surface area contributed by atoms with Crippen LogP contribution in [0.15, 0.2) is 0 Å². The molecule has 0 saturated carbocycles. The molecule has 0 aliphatic heterocycles. The highest BCUT2D eigenvalue weighted by molar-refractivity contribution is 5.64. The van der Waals surface area contributed by atoms with Crippen LogP contribution in [0, 0.1) is 5.92 Å². The van der Waals surface area contributed by atoms with Gasteiger partial charge in [0.1, 0.15) is 5.82 Å². The zero-order chi connectivity index (χ0) is 14.3. The van der Waals surface area contributed by atoms with Crippen molar-refractivity contribution in [3.63, 3.8) is 0 Å². The maximum atomic E-state index is 6.06. The normalized spacial score (nSPS) is 11.2. The summed E-state index contributed by atoms with van der Waals surface area (Å²) in [7, 11) is 1.94. The third kappa shape index (κ3) is 5.13. The Kier molecular flexibility index (Phi) is 6.74. The van der Waals surface area contributed by atoms with Crippen LogP contribution < -0.4 is 11.1 Å². The highest BCUT2D eigenvalue weighted by Crippen LogP contribution is 2.22. The zero-order valence-corrected chi connectivity index (χ0v) is 13.0. The number of aryl methyl sites for hydroxylation is 2. The Balaban J connectivity index is 2.21. The number of nitrogens with two attached hydrogens (primary N) is 1. The molecule has 0 bridgehead atoms. The van der Waals surface area contributed by atoms with E-state index in [9.17, 15) is 0 Å². The van der Waals surface area contributed by atoms with Gasteiger partial charge in [0.2, 0.25) is 0 Å². The topological polar surface area (TPSA) is 55.9 Å². The number of nitrogens with zero attached hydrogens (tertiary/aromatic N) is 2. The van der Waals surface area contributed by atoms with Crippen LogP contribution in [0.5, 0.6) is 0 Å². The van der Waals surface area contributed by atoms with Crippen LogP contribution in [0.1, 0.15) is 58.6 Å². The van der Waals surface area contributed by atoms with Gasteiger partial charge in [0, 0.05) is 13.6 Å². The Morgan fingerprint density at radius 2 is 1.89 bits per heavy atom. The second kappa shape index (κ2) is 8.08. The minimum atomic E-state index is 0.810. The van der Waals surface area contributed by atoms with Crippen molar-refractivity contribution in [1.82, 2.24) is 9.78 Å². The Hall–Kier alpha value is -1.19. The van der Waals surface area contributed by atoms with Crippen LogP contribution in [-0.4, -0.2) is 16.3 Å². The number of hydrogen-bond donors (Lipinski definition) is 2. The lowest BCUT2D eigenvalue weighted by atomic mass is 10.0. The van der Waals surface area contributed by atoms with Gasteiger partial charge in [-0.15, -0.1) is 0 Å². The summed E-state index contributed by atoms with van der Waals surface area (Å²) in [6.07, 6.45) is 7.41. The van der Waals surface area contributed by atoms with E-state index in [1.807, 2.05) is 11.7 Å². The molecule has 0 amide bonds. The zero-order valence-electron chi connectivity index (χ0n) is 13.0. The molecule has 1 heterocycles. The second-order valence-electron chi connectivity index (χ2n) is 5.71. The molecule has 0 aliphatic rings. The Bertz CT molecular complexity index is 368. The van der Waals surface area contributed by atoms with E-state index in [2.05, 4.69) is 31.2 Å². The summed E-state index contributed by atoms with van der Waals surface area (Å²) < 4.78 is 1.85. The molecular formula is C15H30N4. The molecule has 0 radical (unpaired) electrons. The molecule has 0 aromatic carbocycles. The highest BCUT2D eigenvalue weighted by atomic mass is 15.3. The first-order chi connectivity index (χ1) is 9.06. The minimum absolute atomic E-state index is 0.810. The fourth-order valence-corrected chi connectivity index (χ4v) is 2.30. The third-order valence-electron chi connectivity index (χ3n) is 3.50. The van der Waals surface area contributed by atoms with Crippen molar-refractivity contribution in [2.45, 2.75) is 59.3 Å². The van der Waals surface area contributed by atoms with Crippen molar-refractivity contribution in [2.24, 2.45) is 13.0 Å². The van der Waals surface area contributed by atoms with Crippen LogP contribution in [-0.2, 0) is 13.5 Å². The number of aromatic nitrogens is 2. The fourth-order valence-electron chi connectivity index (χ4n) is 2.30. The monoisotopic (exact) mass is 266 g/mol. The molecule has 1 rings (SSSR count). The smallest absolute Gasteiger partial charge is 0.147 e. The van der Waals surface area contributed by atoms with Crippen molar-refractivity contribution >= 4 is 11.5 Å². The van der Waals surface area contributed by atoms with Crippen molar-refractivity contribution in [2.75, 3.05) is 17.6 Å².